The molecule has 1 aromatic carbocycles. The summed E-state index contributed by atoms with van der Waals surface area (Å²) in [4.78, 5) is 1.35. The van der Waals surface area contributed by atoms with Gasteiger partial charge in [0.1, 0.15) is 0 Å². The molecule has 0 aliphatic heterocycles. The third-order valence-electron chi connectivity index (χ3n) is 4.41. The third-order valence-corrected chi connectivity index (χ3v) is 5.22. The molecule has 1 nitrogen and oxygen atoms in total. The summed E-state index contributed by atoms with van der Waals surface area (Å²) in [6, 6.07) is 8.86. The molecule has 3 atom stereocenters. The van der Waals surface area contributed by atoms with Crippen molar-refractivity contribution in [1.29, 1.82) is 0 Å². The molecule has 0 aromatic heterocycles. The molecule has 1 saturated carbocycles. The first-order chi connectivity index (χ1) is 8.76. The van der Waals surface area contributed by atoms with E-state index in [4.69, 9.17) is 5.73 Å². The van der Waals surface area contributed by atoms with Crippen molar-refractivity contribution in [3.63, 3.8) is 0 Å². The molecule has 1 aromatic rings. The van der Waals surface area contributed by atoms with E-state index in [1.807, 2.05) is 11.8 Å². The first-order valence-electron chi connectivity index (χ1n) is 7.14. The third kappa shape index (κ3) is 3.10. The Labute approximate surface area is 116 Å². The van der Waals surface area contributed by atoms with Crippen LogP contribution in [0.2, 0.25) is 0 Å². The quantitative estimate of drug-likeness (QED) is 0.802. The van der Waals surface area contributed by atoms with E-state index in [-0.39, 0.29) is 6.04 Å². The number of nitrogens with two attached hydrogens (primary N) is 1. The van der Waals surface area contributed by atoms with Gasteiger partial charge in [-0.2, -0.15) is 0 Å². The standard InChI is InChI=1S/C16H25NS/c1-3-12-7-6-8-13(11-12)16(17)14-9-4-5-10-15(14)18-2/h4-5,9-10,12-13,16H,3,6-8,11,17H2,1-2H3. The van der Waals surface area contributed by atoms with Gasteiger partial charge in [0, 0.05) is 10.9 Å². The van der Waals surface area contributed by atoms with E-state index >= 15 is 0 Å². The smallest absolute Gasteiger partial charge is 0.0334 e. The Hall–Kier alpha value is -0.470. The van der Waals surface area contributed by atoms with Crippen LogP contribution in [0.15, 0.2) is 29.2 Å². The van der Waals surface area contributed by atoms with Crippen LogP contribution in [-0.2, 0) is 0 Å². The molecule has 2 heteroatoms. The first kappa shape index (κ1) is 14.0. The van der Waals surface area contributed by atoms with Gasteiger partial charge in [-0.15, -0.1) is 11.8 Å². The van der Waals surface area contributed by atoms with E-state index in [1.54, 1.807) is 0 Å². The molecule has 0 heterocycles. The van der Waals surface area contributed by atoms with Crippen LogP contribution in [0.25, 0.3) is 0 Å². The highest BCUT2D eigenvalue weighted by atomic mass is 32.2. The van der Waals surface area contributed by atoms with Crippen molar-refractivity contribution in [2.75, 3.05) is 6.26 Å². The topological polar surface area (TPSA) is 26.0 Å². The van der Waals surface area contributed by atoms with E-state index in [9.17, 15) is 0 Å². The lowest BCUT2D eigenvalue weighted by atomic mass is 9.75. The highest BCUT2D eigenvalue weighted by Crippen LogP contribution is 2.39. The molecule has 0 spiro atoms. The van der Waals surface area contributed by atoms with Crippen LogP contribution in [0.1, 0.15) is 50.6 Å². The van der Waals surface area contributed by atoms with Crippen molar-refractivity contribution in [1.82, 2.24) is 0 Å². The lowest BCUT2D eigenvalue weighted by Gasteiger charge is -2.33. The maximum Gasteiger partial charge on any atom is 0.0334 e. The van der Waals surface area contributed by atoms with Gasteiger partial charge < -0.3 is 5.73 Å². The van der Waals surface area contributed by atoms with Gasteiger partial charge in [-0.1, -0.05) is 44.4 Å². The number of rotatable bonds is 4. The molecular weight excluding hydrogens is 238 g/mol. The Morgan fingerprint density at radius 2 is 2.11 bits per heavy atom. The molecule has 3 unspecified atom stereocenters. The number of thioether (sulfide) groups is 1. The Morgan fingerprint density at radius 3 is 2.83 bits per heavy atom. The van der Waals surface area contributed by atoms with Crippen molar-refractivity contribution in [3.8, 4) is 0 Å². The van der Waals surface area contributed by atoms with Crippen LogP contribution in [0.5, 0.6) is 0 Å². The summed E-state index contributed by atoms with van der Waals surface area (Å²) in [7, 11) is 0. The maximum absolute atomic E-state index is 6.55. The van der Waals surface area contributed by atoms with Crippen LogP contribution in [-0.4, -0.2) is 6.26 Å². The van der Waals surface area contributed by atoms with Gasteiger partial charge in [0.15, 0.2) is 0 Å². The second-order valence-corrected chi connectivity index (χ2v) is 6.32. The molecule has 0 radical (unpaired) electrons. The summed E-state index contributed by atoms with van der Waals surface area (Å²) in [5.41, 5.74) is 7.90. The first-order valence-corrected chi connectivity index (χ1v) is 8.37. The van der Waals surface area contributed by atoms with Gasteiger partial charge >= 0.3 is 0 Å². The van der Waals surface area contributed by atoms with Gasteiger partial charge in [0.2, 0.25) is 0 Å². The van der Waals surface area contributed by atoms with E-state index in [2.05, 4.69) is 37.4 Å². The zero-order chi connectivity index (χ0) is 13.0. The van der Waals surface area contributed by atoms with Crippen molar-refractivity contribution in [2.24, 2.45) is 17.6 Å². The van der Waals surface area contributed by atoms with Crippen molar-refractivity contribution in [2.45, 2.75) is 50.0 Å². The van der Waals surface area contributed by atoms with Crippen molar-refractivity contribution in [3.05, 3.63) is 29.8 Å². The Balaban J connectivity index is 2.12. The fraction of sp³-hybridized carbons (Fsp3) is 0.625. The number of benzene rings is 1. The average molecular weight is 263 g/mol. The van der Waals surface area contributed by atoms with Crippen molar-refractivity contribution < 1.29 is 0 Å². The largest absolute Gasteiger partial charge is 0.324 e. The predicted octanol–water partition coefficient (Wildman–Crippen LogP) is 4.62. The SMILES string of the molecule is CCC1CCCC(C(N)c2ccccc2SC)C1. The van der Waals surface area contributed by atoms with Crippen LogP contribution < -0.4 is 5.73 Å². The summed E-state index contributed by atoms with van der Waals surface area (Å²) < 4.78 is 0. The minimum atomic E-state index is 0.225. The van der Waals surface area contributed by atoms with E-state index in [0.29, 0.717) is 5.92 Å². The summed E-state index contributed by atoms with van der Waals surface area (Å²) >= 11 is 1.81. The van der Waals surface area contributed by atoms with Crippen LogP contribution in [0.3, 0.4) is 0 Å². The van der Waals surface area contributed by atoms with E-state index < -0.39 is 0 Å². The molecule has 18 heavy (non-hydrogen) atoms. The summed E-state index contributed by atoms with van der Waals surface area (Å²) in [6.45, 7) is 2.31. The zero-order valence-corrected chi connectivity index (χ0v) is 12.4. The molecule has 0 bridgehead atoms. The second kappa shape index (κ2) is 6.63. The Kier molecular flexibility index (Phi) is 5.13. The normalized spacial score (nSPS) is 25.9. The van der Waals surface area contributed by atoms with Crippen LogP contribution >= 0.6 is 11.8 Å². The molecule has 1 aliphatic carbocycles. The van der Waals surface area contributed by atoms with Gasteiger partial charge in [-0.3, -0.25) is 0 Å². The van der Waals surface area contributed by atoms with Crippen LogP contribution in [0, 0.1) is 11.8 Å². The molecule has 100 valence electrons. The summed E-state index contributed by atoms with van der Waals surface area (Å²) in [5, 5.41) is 0. The number of hydrogen-bond acceptors (Lipinski definition) is 2. The molecule has 0 amide bonds. The maximum atomic E-state index is 6.55. The minimum Gasteiger partial charge on any atom is -0.324 e. The highest BCUT2D eigenvalue weighted by molar-refractivity contribution is 7.98. The van der Waals surface area contributed by atoms with Gasteiger partial charge in [0.05, 0.1) is 0 Å². The van der Waals surface area contributed by atoms with Crippen molar-refractivity contribution >= 4 is 11.8 Å². The number of hydrogen-bond donors (Lipinski definition) is 1. The lowest BCUT2D eigenvalue weighted by molar-refractivity contribution is 0.229. The molecular formula is C16H25NS. The lowest BCUT2D eigenvalue weighted by Crippen LogP contribution is -2.27. The Morgan fingerprint density at radius 1 is 1.33 bits per heavy atom. The monoisotopic (exact) mass is 263 g/mol. The van der Waals surface area contributed by atoms with Gasteiger partial charge in [-0.25, -0.2) is 0 Å². The summed E-state index contributed by atoms with van der Waals surface area (Å²) in [6.07, 6.45) is 8.84. The van der Waals surface area contributed by atoms with E-state index in [0.717, 1.165) is 5.92 Å². The average Bonchev–Trinajstić information content (AvgIpc) is 2.46. The second-order valence-electron chi connectivity index (χ2n) is 5.47. The molecule has 1 aliphatic rings. The molecule has 2 N–H and O–H groups in total. The van der Waals surface area contributed by atoms with Gasteiger partial charge in [-0.05, 0) is 42.6 Å². The van der Waals surface area contributed by atoms with Gasteiger partial charge in [0.25, 0.3) is 0 Å². The molecule has 0 saturated heterocycles. The molecule has 2 rings (SSSR count). The molecule has 1 fully saturated rings. The van der Waals surface area contributed by atoms with Crippen LogP contribution in [0.4, 0.5) is 0 Å². The predicted molar refractivity (Wildman–Crippen MR) is 80.9 cm³/mol. The summed E-state index contributed by atoms with van der Waals surface area (Å²) in [5.74, 6) is 1.58. The minimum absolute atomic E-state index is 0.225. The van der Waals surface area contributed by atoms with E-state index in [1.165, 1.54) is 42.6 Å². The zero-order valence-electron chi connectivity index (χ0n) is 11.6. The Bertz CT molecular complexity index is 377. The fourth-order valence-electron chi connectivity index (χ4n) is 3.23. The fourth-order valence-corrected chi connectivity index (χ4v) is 3.88. The highest BCUT2D eigenvalue weighted by Gasteiger charge is 2.27.